The maximum atomic E-state index is 9.42. The average molecular weight is 348 g/mol. The SMILES string of the molecule is COc1cc(Cl)cc(CO)c1OCc1c(Cl)cccc1Cl. The molecule has 0 unspecified atom stereocenters. The van der Waals surface area contributed by atoms with Gasteiger partial charge in [-0.05, 0) is 18.2 Å². The summed E-state index contributed by atoms with van der Waals surface area (Å²) in [5.74, 6) is 0.857. The average Bonchev–Trinajstić information content (AvgIpc) is 2.47. The Balaban J connectivity index is 2.31. The lowest BCUT2D eigenvalue weighted by Crippen LogP contribution is -2.02. The minimum Gasteiger partial charge on any atom is -0.493 e. The van der Waals surface area contributed by atoms with Crippen molar-refractivity contribution in [1.29, 1.82) is 0 Å². The molecule has 2 rings (SSSR count). The normalized spacial score (nSPS) is 10.5. The van der Waals surface area contributed by atoms with Gasteiger partial charge in [0.15, 0.2) is 11.5 Å². The third kappa shape index (κ3) is 3.74. The standard InChI is InChI=1S/C15H13Cl3O3/c1-20-14-6-10(16)5-9(7-19)15(14)21-8-11-12(17)3-2-4-13(11)18/h2-6,19H,7-8H2,1H3. The van der Waals surface area contributed by atoms with Crippen molar-refractivity contribution in [3.05, 3.63) is 56.5 Å². The van der Waals surface area contributed by atoms with Crippen LogP contribution in [0.4, 0.5) is 0 Å². The molecule has 0 aliphatic rings. The zero-order valence-corrected chi connectivity index (χ0v) is 13.5. The Morgan fingerprint density at radius 2 is 1.76 bits per heavy atom. The van der Waals surface area contributed by atoms with Gasteiger partial charge < -0.3 is 14.6 Å². The predicted octanol–water partition coefficient (Wildman–Crippen LogP) is 4.73. The van der Waals surface area contributed by atoms with E-state index in [9.17, 15) is 5.11 Å². The van der Waals surface area contributed by atoms with Gasteiger partial charge in [0.25, 0.3) is 0 Å². The van der Waals surface area contributed by atoms with Crippen molar-refractivity contribution in [3.8, 4) is 11.5 Å². The van der Waals surface area contributed by atoms with Gasteiger partial charge in [0.2, 0.25) is 0 Å². The van der Waals surface area contributed by atoms with E-state index in [4.69, 9.17) is 44.3 Å². The molecule has 0 aliphatic heterocycles. The summed E-state index contributed by atoms with van der Waals surface area (Å²) in [4.78, 5) is 0. The van der Waals surface area contributed by atoms with Crippen molar-refractivity contribution in [3.63, 3.8) is 0 Å². The predicted molar refractivity (Wildman–Crippen MR) is 84.7 cm³/mol. The number of halogens is 3. The molecule has 0 heterocycles. The fourth-order valence-corrected chi connectivity index (χ4v) is 2.61. The highest BCUT2D eigenvalue weighted by atomic mass is 35.5. The summed E-state index contributed by atoms with van der Waals surface area (Å²) in [5, 5.41) is 10.9. The largest absolute Gasteiger partial charge is 0.493 e. The highest BCUT2D eigenvalue weighted by Gasteiger charge is 2.14. The fraction of sp³-hybridized carbons (Fsp3) is 0.200. The van der Waals surface area contributed by atoms with Gasteiger partial charge in [-0.1, -0.05) is 40.9 Å². The van der Waals surface area contributed by atoms with Crippen LogP contribution < -0.4 is 9.47 Å². The summed E-state index contributed by atoms with van der Waals surface area (Å²) >= 11 is 18.2. The van der Waals surface area contributed by atoms with Crippen LogP contribution >= 0.6 is 34.8 Å². The molecule has 21 heavy (non-hydrogen) atoms. The van der Waals surface area contributed by atoms with Gasteiger partial charge >= 0.3 is 0 Å². The van der Waals surface area contributed by atoms with Crippen LogP contribution in [-0.4, -0.2) is 12.2 Å². The van der Waals surface area contributed by atoms with Crippen LogP contribution in [-0.2, 0) is 13.2 Å². The molecule has 0 aliphatic carbocycles. The molecule has 2 aromatic rings. The van der Waals surface area contributed by atoms with Crippen LogP contribution in [0.1, 0.15) is 11.1 Å². The van der Waals surface area contributed by atoms with E-state index in [2.05, 4.69) is 0 Å². The second-order valence-corrected chi connectivity index (χ2v) is 5.49. The first-order valence-electron chi connectivity index (χ1n) is 6.09. The summed E-state index contributed by atoms with van der Waals surface area (Å²) < 4.78 is 11.0. The molecule has 0 atom stereocenters. The Morgan fingerprint density at radius 1 is 1.10 bits per heavy atom. The van der Waals surface area contributed by atoms with E-state index >= 15 is 0 Å². The molecule has 6 heteroatoms. The van der Waals surface area contributed by atoms with E-state index in [1.165, 1.54) is 7.11 Å². The third-order valence-corrected chi connectivity index (χ3v) is 3.84. The van der Waals surface area contributed by atoms with E-state index in [0.717, 1.165) is 0 Å². The number of benzene rings is 2. The summed E-state index contributed by atoms with van der Waals surface area (Å²) in [7, 11) is 1.50. The van der Waals surface area contributed by atoms with Gasteiger partial charge in [0.1, 0.15) is 6.61 Å². The Labute approximate surface area is 138 Å². The maximum Gasteiger partial charge on any atom is 0.167 e. The molecule has 1 N–H and O–H groups in total. The number of hydrogen-bond acceptors (Lipinski definition) is 3. The lowest BCUT2D eigenvalue weighted by molar-refractivity contribution is 0.250. The number of methoxy groups -OCH3 is 1. The second-order valence-electron chi connectivity index (χ2n) is 4.24. The highest BCUT2D eigenvalue weighted by Crippen LogP contribution is 2.36. The molecule has 0 amide bonds. The Hall–Kier alpha value is -1.13. The molecule has 0 saturated carbocycles. The summed E-state index contributed by atoms with van der Waals surface area (Å²) in [6.07, 6.45) is 0. The van der Waals surface area contributed by atoms with Gasteiger partial charge in [-0.2, -0.15) is 0 Å². The van der Waals surface area contributed by atoms with Crippen LogP contribution in [0.2, 0.25) is 15.1 Å². The number of ether oxygens (including phenoxy) is 2. The summed E-state index contributed by atoms with van der Waals surface area (Å²) in [5.41, 5.74) is 1.20. The van der Waals surface area contributed by atoms with Gasteiger partial charge in [0, 0.05) is 32.3 Å². The molecule has 0 fully saturated rings. The van der Waals surface area contributed by atoms with Crippen molar-refractivity contribution in [1.82, 2.24) is 0 Å². The third-order valence-electron chi connectivity index (χ3n) is 2.91. The van der Waals surface area contributed by atoms with Crippen LogP contribution in [0.5, 0.6) is 11.5 Å². The van der Waals surface area contributed by atoms with Crippen molar-refractivity contribution < 1.29 is 14.6 Å². The van der Waals surface area contributed by atoms with E-state index in [0.29, 0.717) is 37.7 Å². The minimum atomic E-state index is -0.220. The molecule has 0 aromatic heterocycles. The Bertz CT molecular complexity index is 599. The van der Waals surface area contributed by atoms with E-state index in [-0.39, 0.29) is 13.2 Å². The zero-order chi connectivity index (χ0) is 15.4. The first kappa shape index (κ1) is 16.2. The lowest BCUT2D eigenvalue weighted by Gasteiger charge is -2.15. The minimum absolute atomic E-state index is 0.156. The number of aliphatic hydroxyl groups excluding tert-OH is 1. The van der Waals surface area contributed by atoms with Crippen LogP contribution in [0, 0.1) is 0 Å². The molecular weight excluding hydrogens is 335 g/mol. The Kier molecular flexibility index (Phi) is 5.59. The number of rotatable bonds is 5. The lowest BCUT2D eigenvalue weighted by atomic mass is 10.2. The van der Waals surface area contributed by atoms with Gasteiger partial charge in [-0.25, -0.2) is 0 Å². The molecule has 112 valence electrons. The van der Waals surface area contributed by atoms with E-state index in [1.807, 2.05) is 0 Å². The van der Waals surface area contributed by atoms with E-state index in [1.54, 1.807) is 30.3 Å². The quantitative estimate of drug-likeness (QED) is 0.850. The Morgan fingerprint density at radius 3 is 2.33 bits per heavy atom. The van der Waals surface area contributed by atoms with Crippen LogP contribution in [0.3, 0.4) is 0 Å². The zero-order valence-electron chi connectivity index (χ0n) is 11.2. The fourth-order valence-electron chi connectivity index (χ4n) is 1.87. The van der Waals surface area contributed by atoms with Gasteiger partial charge in [-0.15, -0.1) is 0 Å². The molecular formula is C15H13Cl3O3. The number of hydrogen-bond donors (Lipinski definition) is 1. The van der Waals surface area contributed by atoms with Crippen molar-refractivity contribution >= 4 is 34.8 Å². The van der Waals surface area contributed by atoms with Crippen LogP contribution in [0.25, 0.3) is 0 Å². The smallest absolute Gasteiger partial charge is 0.167 e. The molecule has 2 aromatic carbocycles. The van der Waals surface area contributed by atoms with E-state index < -0.39 is 0 Å². The highest BCUT2D eigenvalue weighted by molar-refractivity contribution is 6.36. The van der Waals surface area contributed by atoms with Crippen molar-refractivity contribution in [2.45, 2.75) is 13.2 Å². The molecule has 0 saturated heterocycles. The monoisotopic (exact) mass is 346 g/mol. The molecule has 3 nitrogen and oxygen atoms in total. The number of aliphatic hydroxyl groups is 1. The molecule has 0 bridgehead atoms. The second kappa shape index (κ2) is 7.23. The van der Waals surface area contributed by atoms with Gasteiger partial charge in [0.05, 0.1) is 13.7 Å². The summed E-state index contributed by atoms with van der Waals surface area (Å²) in [6.45, 7) is -0.0635. The topological polar surface area (TPSA) is 38.7 Å². The molecule has 0 radical (unpaired) electrons. The van der Waals surface area contributed by atoms with Crippen LogP contribution in [0.15, 0.2) is 30.3 Å². The van der Waals surface area contributed by atoms with Crippen molar-refractivity contribution in [2.75, 3.05) is 7.11 Å². The maximum absolute atomic E-state index is 9.42. The first-order valence-corrected chi connectivity index (χ1v) is 7.23. The molecule has 0 spiro atoms. The summed E-state index contributed by atoms with van der Waals surface area (Å²) in [6, 6.07) is 8.46. The van der Waals surface area contributed by atoms with Gasteiger partial charge in [-0.3, -0.25) is 0 Å². The van der Waals surface area contributed by atoms with Crippen molar-refractivity contribution in [2.24, 2.45) is 0 Å². The first-order chi connectivity index (χ1) is 10.1.